The molecule has 1 aliphatic rings. The van der Waals surface area contributed by atoms with E-state index in [-0.39, 0.29) is 0 Å². The van der Waals surface area contributed by atoms with Gasteiger partial charge in [0, 0.05) is 16.3 Å². The molecular weight excluding hydrogens is 274 g/mol. The van der Waals surface area contributed by atoms with Crippen LogP contribution < -0.4 is 5.73 Å². The van der Waals surface area contributed by atoms with Gasteiger partial charge in [0.15, 0.2) is 5.82 Å². The summed E-state index contributed by atoms with van der Waals surface area (Å²) >= 11 is 6.06. The Kier molecular flexibility index (Phi) is 3.87. The smallest absolute Gasteiger partial charge is 0.184 e. The minimum Gasteiger partial charge on any atom is -0.398 e. The number of aromatic nitrogens is 4. The molecule has 1 aliphatic carbocycles. The predicted molar refractivity (Wildman–Crippen MR) is 79.4 cm³/mol. The van der Waals surface area contributed by atoms with E-state index in [1.807, 2.05) is 10.7 Å². The Bertz CT molecular complexity index is 587. The second-order valence-corrected chi connectivity index (χ2v) is 5.76. The van der Waals surface area contributed by atoms with Crippen molar-refractivity contribution in [3.63, 3.8) is 0 Å². The molecule has 1 fully saturated rings. The van der Waals surface area contributed by atoms with Gasteiger partial charge in [0.05, 0.1) is 6.04 Å². The molecule has 3 rings (SSSR count). The normalized spacial score (nSPS) is 17.1. The number of tetrazole rings is 1. The number of nitrogens with zero attached hydrogens (tertiary/aromatic N) is 4. The summed E-state index contributed by atoms with van der Waals surface area (Å²) in [5.74, 6) is 0.719. The van der Waals surface area contributed by atoms with Crippen LogP contribution in [0.4, 0.5) is 5.69 Å². The summed E-state index contributed by atoms with van der Waals surface area (Å²) < 4.78 is 1.92. The third-order valence-electron chi connectivity index (χ3n) is 3.92. The zero-order valence-corrected chi connectivity index (χ0v) is 12.1. The predicted octanol–water partition coefficient (Wildman–Crippen LogP) is 3.47. The minimum absolute atomic E-state index is 0.362. The summed E-state index contributed by atoms with van der Waals surface area (Å²) in [6, 6.07) is 5.76. The molecule has 106 valence electrons. The lowest BCUT2D eigenvalue weighted by Crippen LogP contribution is -2.12. The van der Waals surface area contributed by atoms with Crippen LogP contribution in [0.3, 0.4) is 0 Å². The summed E-state index contributed by atoms with van der Waals surface area (Å²) in [4.78, 5) is 0. The Balaban J connectivity index is 1.98. The molecule has 0 atom stereocenters. The maximum atomic E-state index is 6.06. The molecule has 2 N–H and O–H groups in total. The van der Waals surface area contributed by atoms with E-state index in [9.17, 15) is 0 Å². The van der Waals surface area contributed by atoms with Gasteiger partial charge in [-0.3, -0.25) is 0 Å². The molecule has 0 saturated heterocycles. The molecule has 1 aromatic heterocycles. The van der Waals surface area contributed by atoms with E-state index in [0.717, 1.165) is 24.2 Å². The molecule has 0 spiro atoms. The highest BCUT2D eigenvalue weighted by atomic mass is 35.5. The molecule has 1 heterocycles. The second kappa shape index (κ2) is 5.79. The number of nitrogens with two attached hydrogens (primary N) is 1. The number of hydrogen-bond donors (Lipinski definition) is 1. The van der Waals surface area contributed by atoms with Crippen LogP contribution in [-0.2, 0) is 0 Å². The standard InChI is InChI=1S/C14H18ClN5/c15-10-7-8-13(16)12(9-10)14-17-18-19-20(14)11-5-3-1-2-4-6-11/h7-9,11H,1-6,16H2. The van der Waals surface area contributed by atoms with Crippen LogP contribution in [0.25, 0.3) is 11.4 Å². The van der Waals surface area contributed by atoms with Crippen molar-refractivity contribution < 1.29 is 0 Å². The highest BCUT2D eigenvalue weighted by Gasteiger charge is 2.21. The molecule has 20 heavy (non-hydrogen) atoms. The summed E-state index contributed by atoms with van der Waals surface area (Å²) in [7, 11) is 0. The first kappa shape index (κ1) is 13.4. The Labute approximate surface area is 123 Å². The van der Waals surface area contributed by atoms with Crippen LogP contribution in [0.1, 0.15) is 44.6 Å². The molecule has 0 aliphatic heterocycles. The summed E-state index contributed by atoms with van der Waals surface area (Å²) in [5, 5.41) is 12.8. The number of nitrogen functional groups attached to an aromatic ring is 1. The molecule has 0 bridgehead atoms. The second-order valence-electron chi connectivity index (χ2n) is 5.32. The van der Waals surface area contributed by atoms with Crippen LogP contribution in [0, 0.1) is 0 Å². The van der Waals surface area contributed by atoms with Gasteiger partial charge in [-0.1, -0.05) is 37.3 Å². The van der Waals surface area contributed by atoms with Gasteiger partial charge in [-0.05, 0) is 41.5 Å². The third kappa shape index (κ3) is 2.63. The zero-order chi connectivity index (χ0) is 13.9. The zero-order valence-electron chi connectivity index (χ0n) is 11.3. The first-order valence-corrected chi connectivity index (χ1v) is 7.47. The summed E-state index contributed by atoms with van der Waals surface area (Å²) in [5.41, 5.74) is 7.51. The van der Waals surface area contributed by atoms with Crippen molar-refractivity contribution in [2.45, 2.75) is 44.6 Å². The maximum Gasteiger partial charge on any atom is 0.184 e. The van der Waals surface area contributed by atoms with Crippen molar-refractivity contribution in [3.8, 4) is 11.4 Å². The van der Waals surface area contributed by atoms with Gasteiger partial charge in [0.2, 0.25) is 0 Å². The topological polar surface area (TPSA) is 69.6 Å². The van der Waals surface area contributed by atoms with Gasteiger partial charge in [0.1, 0.15) is 0 Å². The molecule has 1 aromatic carbocycles. The molecule has 0 radical (unpaired) electrons. The Hall–Kier alpha value is -1.62. The van der Waals surface area contributed by atoms with Gasteiger partial charge in [0.25, 0.3) is 0 Å². The molecule has 6 heteroatoms. The minimum atomic E-state index is 0.362. The van der Waals surface area contributed by atoms with Gasteiger partial charge < -0.3 is 5.73 Å². The average Bonchev–Trinajstić information content (AvgIpc) is 2.76. The van der Waals surface area contributed by atoms with Gasteiger partial charge in [-0.25, -0.2) is 4.68 Å². The van der Waals surface area contributed by atoms with Gasteiger partial charge >= 0.3 is 0 Å². The quantitative estimate of drug-likeness (QED) is 0.679. The van der Waals surface area contributed by atoms with Crippen LogP contribution in [0.15, 0.2) is 18.2 Å². The SMILES string of the molecule is Nc1ccc(Cl)cc1-c1nnnn1C1CCCCCC1. The monoisotopic (exact) mass is 291 g/mol. The summed E-state index contributed by atoms with van der Waals surface area (Å²) in [6.07, 6.45) is 7.31. The average molecular weight is 292 g/mol. The van der Waals surface area contributed by atoms with Crippen LogP contribution in [-0.4, -0.2) is 20.2 Å². The number of halogens is 1. The van der Waals surface area contributed by atoms with E-state index >= 15 is 0 Å². The Morgan fingerprint density at radius 1 is 1.15 bits per heavy atom. The van der Waals surface area contributed by atoms with Crippen LogP contribution >= 0.6 is 11.6 Å². The Morgan fingerprint density at radius 2 is 1.90 bits per heavy atom. The molecule has 5 nitrogen and oxygen atoms in total. The van der Waals surface area contributed by atoms with E-state index in [2.05, 4.69) is 15.5 Å². The first-order chi connectivity index (χ1) is 9.75. The Morgan fingerprint density at radius 3 is 2.65 bits per heavy atom. The fourth-order valence-electron chi connectivity index (χ4n) is 2.84. The number of benzene rings is 1. The highest BCUT2D eigenvalue weighted by Crippen LogP contribution is 2.32. The molecular formula is C14H18ClN5. The van der Waals surface area contributed by atoms with Crippen molar-refractivity contribution in [1.29, 1.82) is 0 Å². The van der Waals surface area contributed by atoms with Crippen molar-refractivity contribution in [1.82, 2.24) is 20.2 Å². The lowest BCUT2D eigenvalue weighted by atomic mass is 10.1. The third-order valence-corrected chi connectivity index (χ3v) is 4.15. The van der Waals surface area contributed by atoms with Crippen molar-refractivity contribution in [2.75, 3.05) is 5.73 Å². The van der Waals surface area contributed by atoms with Gasteiger partial charge in [-0.15, -0.1) is 5.10 Å². The highest BCUT2D eigenvalue weighted by molar-refractivity contribution is 6.31. The lowest BCUT2D eigenvalue weighted by molar-refractivity contribution is 0.400. The maximum absolute atomic E-state index is 6.06. The van der Waals surface area contributed by atoms with E-state index in [1.165, 1.54) is 25.7 Å². The molecule has 2 aromatic rings. The molecule has 0 amide bonds. The number of rotatable bonds is 2. The fourth-order valence-corrected chi connectivity index (χ4v) is 3.01. The number of hydrogen-bond acceptors (Lipinski definition) is 4. The molecule has 0 unspecified atom stereocenters. The lowest BCUT2D eigenvalue weighted by Gasteiger charge is -2.16. The largest absolute Gasteiger partial charge is 0.398 e. The summed E-state index contributed by atoms with van der Waals surface area (Å²) in [6.45, 7) is 0. The van der Waals surface area contributed by atoms with Crippen LogP contribution in [0.5, 0.6) is 0 Å². The van der Waals surface area contributed by atoms with Crippen molar-refractivity contribution >= 4 is 17.3 Å². The van der Waals surface area contributed by atoms with Crippen LogP contribution in [0.2, 0.25) is 5.02 Å². The van der Waals surface area contributed by atoms with E-state index in [0.29, 0.717) is 16.8 Å². The van der Waals surface area contributed by atoms with E-state index in [1.54, 1.807) is 12.1 Å². The first-order valence-electron chi connectivity index (χ1n) is 7.09. The van der Waals surface area contributed by atoms with Crippen molar-refractivity contribution in [3.05, 3.63) is 23.2 Å². The van der Waals surface area contributed by atoms with Gasteiger partial charge in [-0.2, -0.15) is 0 Å². The fraction of sp³-hybridized carbons (Fsp3) is 0.500. The van der Waals surface area contributed by atoms with Crippen molar-refractivity contribution in [2.24, 2.45) is 0 Å². The van der Waals surface area contributed by atoms with E-state index < -0.39 is 0 Å². The number of anilines is 1. The molecule has 1 saturated carbocycles. The van der Waals surface area contributed by atoms with E-state index in [4.69, 9.17) is 17.3 Å².